The zero-order chi connectivity index (χ0) is 13.2. The molecule has 0 aliphatic heterocycles. The van der Waals surface area contributed by atoms with Crippen molar-refractivity contribution in [1.82, 2.24) is 19.8 Å². The predicted molar refractivity (Wildman–Crippen MR) is 59.5 cm³/mol. The van der Waals surface area contributed by atoms with Crippen LogP contribution in [0.25, 0.3) is 5.65 Å². The molecular weight excluding hydrogens is 317 g/mol. The second-order valence-electron chi connectivity index (χ2n) is 3.41. The Balaban J connectivity index is 1.98. The minimum atomic E-state index is -4.35. The zero-order valence-electron chi connectivity index (χ0n) is 8.91. The average molecular weight is 325 g/mol. The van der Waals surface area contributed by atoms with Crippen molar-refractivity contribution < 1.29 is 18.0 Å². The largest absolute Gasteiger partial charge is 0.413 e. The van der Waals surface area contributed by atoms with E-state index in [1.807, 2.05) is 0 Å². The van der Waals surface area contributed by atoms with Gasteiger partial charge in [-0.2, -0.15) is 18.7 Å². The molecule has 2 heterocycles. The molecule has 0 bridgehead atoms. The minimum Gasteiger partial charge on any atom is -0.299 e. The summed E-state index contributed by atoms with van der Waals surface area (Å²) in [6, 6.07) is 0. The van der Waals surface area contributed by atoms with Crippen molar-refractivity contribution in [3.05, 3.63) is 28.9 Å². The summed E-state index contributed by atoms with van der Waals surface area (Å²) < 4.78 is 37.8. The van der Waals surface area contributed by atoms with Gasteiger partial charge < -0.3 is 0 Å². The molecular formula is C9H8BrF3N4O. The number of imidazole rings is 1. The molecule has 98 valence electrons. The molecule has 2 aromatic rings. The Hall–Kier alpha value is -1.19. The lowest BCUT2D eigenvalue weighted by atomic mass is 10.5. The van der Waals surface area contributed by atoms with Crippen LogP contribution in [-0.4, -0.2) is 27.2 Å². The van der Waals surface area contributed by atoms with Gasteiger partial charge in [0.2, 0.25) is 0 Å². The molecule has 2 rings (SSSR count). The van der Waals surface area contributed by atoms with Crippen molar-refractivity contribution >= 4 is 21.6 Å². The number of nitrogens with one attached hydrogen (secondary N) is 1. The highest BCUT2D eigenvalue weighted by atomic mass is 79.9. The standard InChI is InChI=1S/C9H8BrF3N4O/c10-7-4-17-6(1-15-8(17)3-14-7)2-16-18-5-9(11,12)13/h1,3-4,16H,2,5H2. The maximum Gasteiger partial charge on any atom is 0.413 e. The summed E-state index contributed by atoms with van der Waals surface area (Å²) in [4.78, 5) is 12.3. The maximum atomic E-state index is 11.8. The number of rotatable bonds is 4. The van der Waals surface area contributed by atoms with Crippen LogP contribution in [0, 0.1) is 0 Å². The van der Waals surface area contributed by atoms with E-state index in [0.29, 0.717) is 15.9 Å². The number of alkyl halides is 3. The van der Waals surface area contributed by atoms with E-state index in [1.54, 1.807) is 16.8 Å². The average Bonchev–Trinajstić information content (AvgIpc) is 2.66. The van der Waals surface area contributed by atoms with E-state index in [9.17, 15) is 13.2 Å². The number of hydrogen-bond acceptors (Lipinski definition) is 4. The third kappa shape index (κ3) is 3.40. The monoisotopic (exact) mass is 324 g/mol. The quantitative estimate of drug-likeness (QED) is 0.691. The van der Waals surface area contributed by atoms with Crippen molar-refractivity contribution in [1.29, 1.82) is 0 Å². The van der Waals surface area contributed by atoms with Gasteiger partial charge in [-0.15, -0.1) is 0 Å². The van der Waals surface area contributed by atoms with Crippen LogP contribution in [0.2, 0.25) is 0 Å². The van der Waals surface area contributed by atoms with Gasteiger partial charge in [0.1, 0.15) is 4.60 Å². The molecule has 0 saturated carbocycles. The van der Waals surface area contributed by atoms with Crippen molar-refractivity contribution in [3.8, 4) is 0 Å². The van der Waals surface area contributed by atoms with Crippen molar-refractivity contribution in [3.63, 3.8) is 0 Å². The van der Waals surface area contributed by atoms with Crippen molar-refractivity contribution in [2.75, 3.05) is 6.61 Å². The summed E-state index contributed by atoms with van der Waals surface area (Å²) in [5.74, 6) is 0. The number of nitrogens with zero attached hydrogens (tertiary/aromatic N) is 3. The van der Waals surface area contributed by atoms with E-state index in [-0.39, 0.29) is 6.54 Å². The lowest BCUT2D eigenvalue weighted by Gasteiger charge is -2.08. The SMILES string of the molecule is FC(F)(F)CONCc1cnc2cnc(Br)cn12. The fourth-order valence-corrected chi connectivity index (χ4v) is 1.61. The molecule has 2 aromatic heterocycles. The van der Waals surface area contributed by atoms with Crippen LogP contribution in [0.3, 0.4) is 0 Å². The Bertz CT molecular complexity index is 542. The van der Waals surface area contributed by atoms with E-state index in [2.05, 4.69) is 36.2 Å². The van der Waals surface area contributed by atoms with Gasteiger partial charge in [0, 0.05) is 6.20 Å². The van der Waals surface area contributed by atoms with E-state index in [1.165, 1.54) is 6.20 Å². The highest BCUT2D eigenvalue weighted by Gasteiger charge is 2.27. The Kier molecular flexibility index (Phi) is 3.83. The first-order chi connectivity index (χ1) is 8.46. The number of hydroxylamine groups is 1. The molecule has 0 radical (unpaired) electrons. The summed E-state index contributed by atoms with van der Waals surface area (Å²) in [6.45, 7) is -1.23. The summed E-state index contributed by atoms with van der Waals surface area (Å²) >= 11 is 3.20. The van der Waals surface area contributed by atoms with Crippen LogP contribution in [0.1, 0.15) is 5.69 Å². The third-order valence-corrected chi connectivity index (χ3v) is 2.44. The molecule has 18 heavy (non-hydrogen) atoms. The lowest BCUT2D eigenvalue weighted by Crippen LogP contribution is -2.24. The lowest BCUT2D eigenvalue weighted by molar-refractivity contribution is -0.190. The van der Waals surface area contributed by atoms with Gasteiger partial charge in [0.15, 0.2) is 12.3 Å². The van der Waals surface area contributed by atoms with Crippen LogP contribution >= 0.6 is 15.9 Å². The Morgan fingerprint density at radius 1 is 1.33 bits per heavy atom. The van der Waals surface area contributed by atoms with E-state index in [0.717, 1.165) is 0 Å². The van der Waals surface area contributed by atoms with E-state index >= 15 is 0 Å². The van der Waals surface area contributed by atoms with Gasteiger partial charge in [0.05, 0.1) is 24.6 Å². The van der Waals surface area contributed by atoms with E-state index < -0.39 is 12.8 Å². The molecule has 0 aliphatic rings. The second-order valence-corrected chi connectivity index (χ2v) is 4.23. The highest BCUT2D eigenvalue weighted by Crippen LogP contribution is 2.14. The molecule has 0 aliphatic carbocycles. The molecule has 0 unspecified atom stereocenters. The van der Waals surface area contributed by atoms with Crippen LogP contribution in [0.4, 0.5) is 13.2 Å². The Labute approximate surface area is 108 Å². The minimum absolute atomic E-state index is 0.105. The van der Waals surface area contributed by atoms with Gasteiger partial charge in [0.25, 0.3) is 0 Å². The third-order valence-electron chi connectivity index (χ3n) is 2.03. The van der Waals surface area contributed by atoms with E-state index in [4.69, 9.17) is 0 Å². The summed E-state index contributed by atoms with van der Waals surface area (Å²) in [5.41, 5.74) is 3.50. The molecule has 0 saturated heterocycles. The first-order valence-corrected chi connectivity index (χ1v) is 5.64. The molecule has 0 fully saturated rings. The van der Waals surface area contributed by atoms with Crippen LogP contribution in [0.15, 0.2) is 23.2 Å². The number of aromatic nitrogens is 3. The second kappa shape index (κ2) is 5.21. The van der Waals surface area contributed by atoms with Gasteiger partial charge in [-0.25, -0.2) is 9.97 Å². The first kappa shape index (κ1) is 13.2. The first-order valence-electron chi connectivity index (χ1n) is 4.84. The number of hydrogen-bond donors (Lipinski definition) is 1. The summed E-state index contributed by atoms with van der Waals surface area (Å²) in [6.07, 6.45) is 0.403. The van der Waals surface area contributed by atoms with Gasteiger partial charge in [-0.1, -0.05) is 0 Å². The van der Waals surface area contributed by atoms with Crippen LogP contribution < -0.4 is 5.48 Å². The van der Waals surface area contributed by atoms with Gasteiger partial charge in [-0.05, 0) is 15.9 Å². The Morgan fingerprint density at radius 2 is 2.11 bits per heavy atom. The number of halogens is 4. The molecule has 0 aromatic carbocycles. The molecule has 1 N–H and O–H groups in total. The Morgan fingerprint density at radius 3 is 2.83 bits per heavy atom. The van der Waals surface area contributed by atoms with Crippen molar-refractivity contribution in [2.24, 2.45) is 0 Å². The van der Waals surface area contributed by atoms with Gasteiger partial charge in [-0.3, -0.25) is 9.24 Å². The predicted octanol–water partition coefficient (Wildman–Crippen LogP) is 2.08. The summed E-state index contributed by atoms with van der Waals surface area (Å²) in [7, 11) is 0. The normalized spacial score (nSPS) is 12.2. The molecule has 5 nitrogen and oxygen atoms in total. The molecule has 0 amide bonds. The fourth-order valence-electron chi connectivity index (χ4n) is 1.30. The topological polar surface area (TPSA) is 51.5 Å². The number of fused-ring (bicyclic) bond motifs is 1. The molecule has 9 heteroatoms. The van der Waals surface area contributed by atoms with Gasteiger partial charge >= 0.3 is 6.18 Å². The smallest absolute Gasteiger partial charge is 0.299 e. The highest BCUT2D eigenvalue weighted by molar-refractivity contribution is 9.10. The van der Waals surface area contributed by atoms with Crippen LogP contribution in [0.5, 0.6) is 0 Å². The fraction of sp³-hybridized carbons (Fsp3) is 0.333. The molecule has 0 atom stereocenters. The zero-order valence-corrected chi connectivity index (χ0v) is 10.5. The maximum absolute atomic E-state index is 11.8. The molecule has 0 spiro atoms. The van der Waals surface area contributed by atoms with Crippen molar-refractivity contribution in [2.45, 2.75) is 12.7 Å². The summed E-state index contributed by atoms with van der Waals surface area (Å²) in [5, 5.41) is 0. The van der Waals surface area contributed by atoms with Crippen LogP contribution in [-0.2, 0) is 11.4 Å².